The van der Waals surface area contributed by atoms with E-state index >= 15 is 0 Å². The number of benzene rings is 2. The highest BCUT2D eigenvalue weighted by Gasteiger charge is 2.06. The average molecular weight is 267 g/mol. The van der Waals surface area contributed by atoms with Gasteiger partial charge in [-0.15, -0.1) is 0 Å². The quantitative estimate of drug-likeness (QED) is 0.917. The van der Waals surface area contributed by atoms with Gasteiger partial charge in [-0.3, -0.25) is 0 Å². The van der Waals surface area contributed by atoms with Gasteiger partial charge in [0.2, 0.25) is 0 Å². The molecule has 0 aliphatic heterocycles. The largest absolute Gasteiger partial charge is 0.488 e. The van der Waals surface area contributed by atoms with Gasteiger partial charge in [-0.05, 0) is 24.3 Å². The Bertz CT molecular complexity index is 543. The maximum Gasteiger partial charge on any atom is 0.129 e. The molecule has 0 atom stereocenters. The first-order valence-corrected chi connectivity index (χ1v) is 5.84. The molecule has 0 saturated heterocycles. The van der Waals surface area contributed by atoms with Crippen LogP contribution in [0.4, 0.5) is 4.39 Å². The molecule has 4 heteroatoms. The van der Waals surface area contributed by atoms with E-state index in [1.54, 1.807) is 24.3 Å². The molecule has 18 heavy (non-hydrogen) atoms. The summed E-state index contributed by atoms with van der Waals surface area (Å²) < 4.78 is 19.0. The van der Waals surface area contributed by atoms with Gasteiger partial charge in [-0.1, -0.05) is 29.8 Å². The third kappa shape index (κ3) is 3.00. The lowest BCUT2D eigenvalue weighted by molar-refractivity contribution is 0.257. The molecule has 0 radical (unpaired) electrons. The minimum absolute atomic E-state index is 0.0728. The van der Waals surface area contributed by atoms with Gasteiger partial charge in [0, 0.05) is 16.1 Å². The molecule has 2 aromatic carbocycles. The fourth-order valence-corrected chi connectivity index (χ4v) is 1.78. The van der Waals surface area contributed by atoms with Crippen LogP contribution >= 0.6 is 11.6 Å². The van der Waals surface area contributed by atoms with E-state index in [-0.39, 0.29) is 19.0 Å². The summed E-state index contributed by atoms with van der Waals surface area (Å²) >= 11 is 5.79. The average Bonchev–Trinajstić information content (AvgIpc) is 2.40. The number of aliphatic hydroxyl groups is 1. The first-order chi connectivity index (χ1) is 8.70. The van der Waals surface area contributed by atoms with Gasteiger partial charge in [-0.2, -0.15) is 0 Å². The van der Waals surface area contributed by atoms with Gasteiger partial charge in [0.25, 0.3) is 0 Å². The molecule has 0 fully saturated rings. The first-order valence-electron chi connectivity index (χ1n) is 5.46. The Morgan fingerprint density at radius 1 is 1.11 bits per heavy atom. The summed E-state index contributed by atoms with van der Waals surface area (Å²) in [6, 6.07) is 11.4. The Balaban J connectivity index is 2.14. The summed E-state index contributed by atoms with van der Waals surface area (Å²) in [4.78, 5) is 0. The van der Waals surface area contributed by atoms with Crippen LogP contribution in [0.15, 0.2) is 42.5 Å². The minimum atomic E-state index is -0.360. The summed E-state index contributed by atoms with van der Waals surface area (Å²) in [5.74, 6) is 0.181. The lowest BCUT2D eigenvalue weighted by atomic mass is 10.2. The number of aliphatic hydroxyl groups excluding tert-OH is 1. The van der Waals surface area contributed by atoms with Crippen molar-refractivity contribution >= 4 is 11.6 Å². The topological polar surface area (TPSA) is 29.5 Å². The fourth-order valence-electron chi connectivity index (χ4n) is 1.58. The van der Waals surface area contributed by atoms with E-state index in [4.69, 9.17) is 21.4 Å². The van der Waals surface area contributed by atoms with E-state index in [0.29, 0.717) is 21.9 Å². The summed E-state index contributed by atoms with van der Waals surface area (Å²) in [5, 5.41) is 9.60. The third-order valence-electron chi connectivity index (χ3n) is 2.53. The Kier molecular flexibility index (Phi) is 4.18. The summed E-state index contributed by atoms with van der Waals surface area (Å²) in [7, 11) is 0. The number of halogens is 2. The lowest BCUT2D eigenvalue weighted by Gasteiger charge is -2.10. The van der Waals surface area contributed by atoms with Crippen molar-refractivity contribution in [3.8, 4) is 5.75 Å². The van der Waals surface area contributed by atoms with Crippen molar-refractivity contribution < 1.29 is 14.2 Å². The van der Waals surface area contributed by atoms with Crippen LogP contribution in [-0.4, -0.2) is 5.11 Å². The van der Waals surface area contributed by atoms with E-state index in [0.717, 1.165) is 0 Å². The van der Waals surface area contributed by atoms with Gasteiger partial charge in [0.05, 0.1) is 6.61 Å². The minimum Gasteiger partial charge on any atom is -0.488 e. The van der Waals surface area contributed by atoms with Crippen LogP contribution in [0, 0.1) is 5.82 Å². The van der Waals surface area contributed by atoms with E-state index < -0.39 is 0 Å². The number of rotatable bonds is 4. The van der Waals surface area contributed by atoms with Crippen molar-refractivity contribution in [1.29, 1.82) is 0 Å². The highest BCUT2D eigenvalue weighted by molar-refractivity contribution is 6.30. The number of hydrogen-bond acceptors (Lipinski definition) is 2. The van der Waals surface area contributed by atoms with Crippen LogP contribution < -0.4 is 4.74 Å². The molecule has 2 rings (SSSR count). The molecule has 2 nitrogen and oxygen atoms in total. The van der Waals surface area contributed by atoms with Crippen molar-refractivity contribution in [3.05, 3.63) is 64.4 Å². The molecule has 94 valence electrons. The second kappa shape index (κ2) is 5.85. The fraction of sp³-hybridized carbons (Fsp3) is 0.143. The Hall–Kier alpha value is -1.58. The molecule has 0 heterocycles. The van der Waals surface area contributed by atoms with Crippen LogP contribution in [0.3, 0.4) is 0 Å². The summed E-state index contributed by atoms with van der Waals surface area (Å²) in [6.07, 6.45) is 0. The second-order valence-corrected chi connectivity index (χ2v) is 4.23. The van der Waals surface area contributed by atoms with E-state index in [9.17, 15) is 4.39 Å². The first kappa shape index (κ1) is 12.9. The second-order valence-electron chi connectivity index (χ2n) is 3.79. The van der Waals surface area contributed by atoms with Gasteiger partial charge in [-0.25, -0.2) is 4.39 Å². The zero-order valence-corrected chi connectivity index (χ0v) is 10.3. The Morgan fingerprint density at radius 3 is 2.67 bits per heavy atom. The van der Waals surface area contributed by atoms with Gasteiger partial charge in [0.1, 0.15) is 18.2 Å². The van der Waals surface area contributed by atoms with Crippen LogP contribution in [0.25, 0.3) is 0 Å². The molecule has 0 saturated carbocycles. The summed E-state index contributed by atoms with van der Waals surface area (Å²) in [5.41, 5.74) is 1.05. The van der Waals surface area contributed by atoms with E-state index in [1.807, 2.05) is 0 Å². The number of para-hydroxylation sites is 1. The normalized spacial score (nSPS) is 10.4. The standard InChI is InChI=1S/C14H12ClFO2/c15-12-5-6-13(16)11(7-12)9-18-14-4-2-1-3-10(14)8-17/h1-7,17H,8-9H2. The molecule has 0 aliphatic carbocycles. The molecule has 0 aromatic heterocycles. The molecule has 0 spiro atoms. The van der Waals surface area contributed by atoms with Gasteiger partial charge < -0.3 is 9.84 Å². The highest BCUT2D eigenvalue weighted by atomic mass is 35.5. The smallest absolute Gasteiger partial charge is 0.129 e. The van der Waals surface area contributed by atoms with Crippen LogP contribution in [0.5, 0.6) is 5.75 Å². The summed E-state index contributed by atoms with van der Waals surface area (Å²) in [6.45, 7) is -0.0440. The third-order valence-corrected chi connectivity index (χ3v) is 2.77. The Morgan fingerprint density at radius 2 is 1.89 bits per heavy atom. The van der Waals surface area contributed by atoms with Crippen molar-refractivity contribution in [2.45, 2.75) is 13.2 Å². The van der Waals surface area contributed by atoms with Crippen molar-refractivity contribution in [3.63, 3.8) is 0 Å². The molecule has 0 aliphatic rings. The lowest BCUT2D eigenvalue weighted by Crippen LogP contribution is -2.00. The SMILES string of the molecule is OCc1ccccc1OCc1cc(Cl)ccc1F. The molecular formula is C14H12ClFO2. The monoisotopic (exact) mass is 266 g/mol. The van der Waals surface area contributed by atoms with Crippen molar-refractivity contribution in [2.24, 2.45) is 0 Å². The van der Waals surface area contributed by atoms with Gasteiger partial charge in [0.15, 0.2) is 0 Å². The van der Waals surface area contributed by atoms with E-state index in [1.165, 1.54) is 18.2 Å². The van der Waals surface area contributed by atoms with Crippen LogP contribution in [0.2, 0.25) is 5.02 Å². The van der Waals surface area contributed by atoms with Crippen molar-refractivity contribution in [1.82, 2.24) is 0 Å². The maximum absolute atomic E-state index is 13.5. The molecule has 0 amide bonds. The number of ether oxygens (including phenoxy) is 1. The predicted molar refractivity (Wildman–Crippen MR) is 68.1 cm³/mol. The van der Waals surface area contributed by atoms with Gasteiger partial charge >= 0.3 is 0 Å². The number of hydrogen-bond donors (Lipinski definition) is 1. The van der Waals surface area contributed by atoms with Crippen molar-refractivity contribution in [2.75, 3.05) is 0 Å². The van der Waals surface area contributed by atoms with Crippen LogP contribution in [0.1, 0.15) is 11.1 Å². The molecule has 2 aromatic rings. The predicted octanol–water partition coefficient (Wildman–Crippen LogP) is 3.55. The zero-order chi connectivity index (χ0) is 13.0. The molecular weight excluding hydrogens is 255 g/mol. The zero-order valence-electron chi connectivity index (χ0n) is 9.57. The van der Waals surface area contributed by atoms with Crippen LogP contribution in [-0.2, 0) is 13.2 Å². The molecule has 0 bridgehead atoms. The highest BCUT2D eigenvalue weighted by Crippen LogP contribution is 2.21. The maximum atomic E-state index is 13.5. The van der Waals surface area contributed by atoms with E-state index in [2.05, 4.69) is 0 Å². The molecule has 1 N–H and O–H groups in total. The molecule has 0 unspecified atom stereocenters. The Labute approximate surface area is 110 Å².